The van der Waals surface area contributed by atoms with E-state index >= 15 is 0 Å². The molecule has 2 rings (SSSR count). The zero-order valence-corrected chi connectivity index (χ0v) is 13.9. The molecule has 0 atom stereocenters. The van der Waals surface area contributed by atoms with E-state index in [4.69, 9.17) is 16.3 Å². The Kier molecular flexibility index (Phi) is 7.11. The fraction of sp³-hybridized carbons (Fsp3) is 0.368. The van der Waals surface area contributed by atoms with Gasteiger partial charge in [-0.2, -0.15) is 0 Å². The number of rotatable bonds is 9. The highest BCUT2D eigenvalue weighted by atomic mass is 35.5. The first-order valence-electron chi connectivity index (χ1n) is 7.99. The summed E-state index contributed by atoms with van der Waals surface area (Å²) >= 11 is 5.87. The fourth-order valence-corrected chi connectivity index (χ4v) is 2.32. The molecule has 0 heterocycles. The number of anilines is 1. The van der Waals surface area contributed by atoms with Gasteiger partial charge in [0.05, 0.1) is 6.61 Å². The summed E-state index contributed by atoms with van der Waals surface area (Å²) in [6, 6.07) is 16.0. The van der Waals surface area contributed by atoms with Crippen LogP contribution in [0, 0.1) is 0 Å². The Morgan fingerprint density at radius 2 is 1.64 bits per heavy atom. The number of unbranched alkanes of at least 4 members (excludes halogenated alkanes) is 3. The maximum atomic E-state index is 5.87. The first kappa shape index (κ1) is 16.7. The highest BCUT2D eigenvalue weighted by Gasteiger charge is 1.97. The van der Waals surface area contributed by atoms with Gasteiger partial charge in [-0.3, -0.25) is 0 Å². The van der Waals surface area contributed by atoms with Gasteiger partial charge in [0.1, 0.15) is 5.75 Å². The molecule has 0 radical (unpaired) electrons. The first-order valence-corrected chi connectivity index (χ1v) is 8.37. The second-order valence-electron chi connectivity index (χ2n) is 5.41. The minimum absolute atomic E-state index is 0.756. The molecule has 0 amide bonds. The number of halogens is 1. The minimum Gasteiger partial charge on any atom is -0.494 e. The first-order chi connectivity index (χ1) is 10.8. The van der Waals surface area contributed by atoms with Crippen molar-refractivity contribution < 1.29 is 4.74 Å². The quantitative estimate of drug-likeness (QED) is 0.580. The molecular weight excluding hydrogens is 294 g/mol. The zero-order valence-electron chi connectivity index (χ0n) is 13.1. The second-order valence-corrected chi connectivity index (χ2v) is 5.85. The van der Waals surface area contributed by atoms with Crippen LogP contribution < -0.4 is 10.1 Å². The lowest BCUT2D eigenvalue weighted by atomic mass is 10.2. The fourth-order valence-electron chi connectivity index (χ4n) is 2.19. The van der Waals surface area contributed by atoms with E-state index in [1.54, 1.807) is 0 Å². The van der Waals surface area contributed by atoms with Crippen LogP contribution in [0.5, 0.6) is 5.75 Å². The van der Waals surface area contributed by atoms with Gasteiger partial charge in [-0.05, 0) is 48.4 Å². The van der Waals surface area contributed by atoms with Gasteiger partial charge in [0.15, 0.2) is 0 Å². The van der Waals surface area contributed by atoms with E-state index in [1.807, 2.05) is 36.4 Å². The summed E-state index contributed by atoms with van der Waals surface area (Å²) in [4.78, 5) is 0. The minimum atomic E-state index is 0.756. The largest absolute Gasteiger partial charge is 0.494 e. The topological polar surface area (TPSA) is 21.3 Å². The summed E-state index contributed by atoms with van der Waals surface area (Å²) in [5.74, 6) is 0.951. The second kappa shape index (κ2) is 9.37. The smallest absolute Gasteiger partial charge is 0.119 e. The van der Waals surface area contributed by atoms with E-state index in [0.717, 1.165) is 36.0 Å². The molecule has 118 valence electrons. The molecule has 2 aromatic rings. The molecule has 2 nitrogen and oxygen atoms in total. The van der Waals surface area contributed by atoms with Gasteiger partial charge < -0.3 is 10.1 Å². The number of hydrogen-bond acceptors (Lipinski definition) is 2. The third-order valence-corrected chi connectivity index (χ3v) is 3.78. The Balaban J connectivity index is 1.73. The Labute approximate surface area is 138 Å². The van der Waals surface area contributed by atoms with Crippen molar-refractivity contribution >= 4 is 17.3 Å². The highest BCUT2D eigenvalue weighted by molar-refractivity contribution is 6.30. The third kappa shape index (κ3) is 5.98. The summed E-state index contributed by atoms with van der Waals surface area (Å²) in [5.41, 5.74) is 2.30. The molecular formula is C19H24ClNO. The van der Waals surface area contributed by atoms with E-state index in [-0.39, 0.29) is 0 Å². The molecule has 3 heteroatoms. The molecule has 0 saturated heterocycles. The van der Waals surface area contributed by atoms with Crippen molar-refractivity contribution in [3.05, 3.63) is 59.1 Å². The predicted octanol–water partition coefficient (Wildman–Crippen LogP) is 5.91. The van der Waals surface area contributed by atoms with Gasteiger partial charge in [0, 0.05) is 17.3 Å². The summed E-state index contributed by atoms with van der Waals surface area (Å²) in [5, 5.41) is 4.13. The molecule has 0 aromatic heterocycles. The standard InChI is InChI=1S/C19H24ClNO/c1-2-3-4-5-14-22-19-12-6-16(7-13-19)15-21-18-10-8-17(20)9-11-18/h6-13,21H,2-5,14-15H2,1H3. The molecule has 0 aliphatic rings. The van der Waals surface area contributed by atoms with Crippen molar-refractivity contribution in [2.75, 3.05) is 11.9 Å². The van der Waals surface area contributed by atoms with E-state index in [0.29, 0.717) is 0 Å². The molecule has 0 fully saturated rings. The molecule has 22 heavy (non-hydrogen) atoms. The van der Waals surface area contributed by atoms with Crippen LogP contribution in [0.4, 0.5) is 5.69 Å². The van der Waals surface area contributed by atoms with Gasteiger partial charge in [0.2, 0.25) is 0 Å². The van der Waals surface area contributed by atoms with Gasteiger partial charge >= 0.3 is 0 Å². The molecule has 2 aromatic carbocycles. The van der Waals surface area contributed by atoms with E-state index in [2.05, 4.69) is 24.4 Å². The average molecular weight is 318 g/mol. The third-order valence-electron chi connectivity index (χ3n) is 3.53. The van der Waals surface area contributed by atoms with Crippen LogP contribution in [0.15, 0.2) is 48.5 Å². The van der Waals surface area contributed by atoms with Gasteiger partial charge in [-0.15, -0.1) is 0 Å². The Hall–Kier alpha value is -1.67. The molecule has 0 bridgehead atoms. The molecule has 0 spiro atoms. The van der Waals surface area contributed by atoms with Crippen LogP contribution in [0.1, 0.15) is 38.2 Å². The van der Waals surface area contributed by atoms with Gasteiger partial charge in [-0.25, -0.2) is 0 Å². The molecule has 0 aliphatic heterocycles. The SMILES string of the molecule is CCCCCCOc1ccc(CNc2ccc(Cl)cc2)cc1. The monoisotopic (exact) mass is 317 g/mol. The molecule has 0 aliphatic carbocycles. The summed E-state index contributed by atoms with van der Waals surface area (Å²) in [6.45, 7) is 3.82. The van der Waals surface area contributed by atoms with Crippen LogP contribution >= 0.6 is 11.6 Å². The van der Waals surface area contributed by atoms with Crippen LogP contribution in [0.2, 0.25) is 5.02 Å². The van der Waals surface area contributed by atoms with E-state index in [1.165, 1.54) is 24.8 Å². The Bertz CT molecular complexity index is 536. The zero-order chi connectivity index (χ0) is 15.6. The lowest BCUT2D eigenvalue weighted by molar-refractivity contribution is 0.305. The highest BCUT2D eigenvalue weighted by Crippen LogP contribution is 2.16. The summed E-state index contributed by atoms with van der Waals surface area (Å²) in [6.07, 6.45) is 4.93. The van der Waals surface area contributed by atoms with Crippen LogP contribution in [0.25, 0.3) is 0 Å². The van der Waals surface area contributed by atoms with Crippen LogP contribution in [0.3, 0.4) is 0 Å². The van der Waals surface area contributed by atoms with Gasteiger partial charge in [-0.1, -0.05) is 49.9 Å². The summed E-state index contributed by atoms with van der Waals surface area (Å²) in [7, 11) is 0. The van der Waals surface area contributed by atoms with Crippen molar-refractivity contribution in [3.63, 3.8) is 0 Å². The van der Waals surface area contributed by atoms with Crippen molar-refractivity contribution in [1.82, 2.24) is 0 Å². The number of hydrogen-bond donors (Lipinski definition) is 1. The lowest BCUT2D eigenvalue weighted by Crippen LogP contribution is -2.00. The molecule has 0 unspecified atom stereocenters. The molecule has 1 N–H and O–H groups in total. The van der Waals surface area contributed by atoms with E-state index < -0.39 is 0 Å². The maximum Gasteiger partial charge on any atom is 0.119 e. The number of ether oxygens (including phenoxy) is 1. The van der Waals surface area contributed by atoms with Crippen molar-refractivity contribution in [2.45, 2.75) is 39.2 Å². The van der Waals surface area contributed by atoms with E-state index in [9.17, 15) is 0 Å². The normalized spacial score (nSPS) is 10.5. The maximum absolute atomic E-state index is 5.87. The lowest BCUT2D eigenvalue weighted by Gasteiger charge is -2.09. The average Bonchev–Trinajstić information content (AvgIpc) is 2.55. The van der Waals surface area contributed by atoms with Crippen molar-refractivity contribution in [2.24, 2.45) is 0 Å². The van der Waals surface area contributed by atoms with Crippen molar-refractivity contribution in [1.29, 1.82) is 0 Å². The van der Waals surface area contributed by atoms with Crippen molar-refractivity contribution in [3.8, 4) is 5.75 Å². The Morgan fingerprint density at radius 1 is 0.909 bits per heavy atom. The predicted molar refractivity (Wildman–Crippen MR) is 94.9 cm³/mol. The Morgan fingerprint density at radius 3 is 2.32 bits per heavy atom. The van der Waals surface area contributed by atoms with Gasteiger partial charge in [0.25, 0.3) is 0 Å². The number of nitrogens with one attached hydrogen (secondary N) is 1. The summed E-state index contributed by atoms with van der Waals surface area (Å²) < 4.78 is 5.75. The number of benzene rings is 2. The van der Waals surface area contributed by atoms with Crippen LogP contribution in [-0.4, -0.2) is 6.61 Å². The van der Waals surface area contributed by atoms with Crippen LogP contribution in [-0.2, 0) is 6.54 Å². The molecule has 0 saturated carbocycles.